The summed E-state index contributed by atoms with van der Waals surface area (Å²) in [6.45, 7) is 0. The number of hydrogen-bond donors (Lipinski definition) is 4. The van der Waals surface area contributed by atoms with Crippen LogP contribution >= 0.6 is 0 Å². The second-order valence-electron chi connectivity index (χ2n) is 7.86. The van der Waals surface area contributed by atoms with Crippen molar-refractivity contribution in [3.63, 3.8) is 0 Å². The molecule has 3 aliphatic rings. The van der Waals surface area contributed by atoms with Gasteiger partial charge in [-0.05, 0) is 51.3 Å². The van der Waals surface area contributed by atoms with Crippen LogP contribution in [0.15, 0.2) is 18.2 Å². The normalized spacial score (nSPS) is 29.9. The molecule has 1 aromatic carbocycles. The average Bonchev–Trinajstić information content (AvgIpc) is 2.97. The van der Waals surface area contributed by atoms with Crippen molar-refractivity contribution in [1.29, 1.82) is 0 Å². The van der Waals surface area contributed by atoms with Crippen molar-refractivity contribution < 1.29 is 19.2 Å². The Bertz CT molecular complexity index is 858. The van der Waals surface area contributed by atoms with Gasteiger partial charge in [0.2, 0.25) is 11.8 Å². The van der Waals surface area contributed by atoms with Crippen LogP contribution in [0.4, 0.5) is 5.69 Å². The summed E-state index contributed by atoms with van der Waals surface area (Å²) >= 11 is 0. The zero-order chi connectivity index (χ0) is 19.9. The van der Waals surface area contributed by atoms with E-state index >= 15 is 0 Å². The van der Waals surface area contributed by atoms with Gasteiger partial charge in [-0.3, -0.25) is 29.8 Å². The van der Waals surface area contributed by atoms with E-state index in [1.165, 1.54) is 0 Å². The Morgan fingerprint density at radius 1 is 1.00 bits per heavy atom. The topological polar surface area (TPSA) is 116 Å². The molecule has 4 N–H and O–H groups in total. The Balaban J connectivity index is 1.70. The molecule has 0 aromatic heterocycles. The van der Waals surface area contributed by atoms with Gasteiger partial charge in [-0.2, -0.15) is 0 Å². The molecule has 1 unspecified atom stereocenters. The molecule has 0 bridgehead atoms. The zero-order valence-corrected chi connectivity index (χ0v) is 15.8. The van der Waals surface area contributed by atoms with Crippen LogP contribution < -0.4 is 21.3 Å². The number of nitrogens with one attached hydrogen (secondary N) is 4. The largest absolute Gasteiger partial charge is 0.378 e. The highest BCUT2D eigenvalue weighted by atomic mass is 16.2. The van der Waals surface area contributed by atoms with Gasteiger partial charge < -0.3 is 10.6 Å². The zero-order valence-electron chi connectivity index (χ0n) is 15.8. The van der Waals surface area contributed by atoms with Gasteiger partial charge in [0.15, 0.2) is 0 Å². The second kappa shape index (κ2) is 7.01. The molecule has 4 amide bonds. The van der Waals surface area contributed by atoms with Crippen molar-refractivity contribution in [1.82, 2.24) is 16.0 Å². The number of hydrogen-bond acceptors (Lipinski definition) is 6. The summed E-state index contributed by atoms with van der Waals surface area (Å²) < 4.78 is 0. The average molecular weight is 384 g/mol. The van der Waals surface area contributed by atoms with Gasteiger partial charge in [0.25, 0.3) is 11.8 Å². The lowest BCUT2D eigenvalue weighted by atomic mass is 9.68. The molecule has 1 saturated carbocycles. The van der Waals surface area contributed by atoms with Crippen molar-refractivity contribution in [3.8, 4) is 0 Å². The van der Waals surface area contributed by atoms with Gasteiger partial charge in [-0.15, -0.1) is 0 Å². The van der Waals surface area contributed by atoms with E-state index in [0.717, 1.165) is 25.7 Å². The van der Waals surface area contributed by atoms with Crippen molar-refractivity contribution in [3.05, 3.63) is 29.3 Å². The van der Waals surface area contributed by atoms with Crippen LogP contribution in [0.1, 0.15) is 59.2 Å². The number of carbonyl (C=O) groups excluding carboxylic acids is 4. The predicted octanol–water partition coefficient (Wildman–Crippen LogP) is 0.936. The number of benzene rings is 1. The maximum Gasteiger partial charge on any atom is 0.261 e. The van der Waals surface area contributed by atoms with Crippen LogP contribution in [0, 0.1) is 5.92 Å². The van der Waals surface area contributed by atoms with E-state index < -0.39 is 17.4 Å². The summed E-state index contributed by atoms with van der Waals surface area (Å²) in [5.74, 6) is -1.72. The van der Waals surface area contributed by atoms with Crippen LogP contribution in [0.5, 0.6) is 0 Å². The Morgan fingerprint density at radius 2 is 1.75 bits per heavy atom. The van der Waals surface area contributed by atoms with E-state index in [9.17, 15) is 19.2 Å². The SMILES string of the molecule is CNC1CCC(Nc2cccc3c2C(=O)NC3=O)(C2CCC(=O)NC2=O)CC1. The summed E-state index contributed by atoms with van der Waals surface area (Å²) in [6, 6.07) is 5.50. The van der Waals surface area contributed by atoms with Gasteiger partial charge in [0.05, 0.1) is 17.0 Å². The lowest BCUT2D eigenvalue weighted by molar-refractivity contribution is -0.138. The Labute approximate surface area is 162 Å². The maximum absolute atomic E-state index is 12.7. The van der Waals surface area contributed by atoms with Gasteiger partial charge >= 0.3 is 0 Å². The van der Waals surface area contributed by atoms with E-state index in [2.05, 4.69) is 21.3 Å². The number of piperidine rings is 1. The van der Waals surface area contributed by atoms with E-state index in [1.54, 1.807) is 18.2 Å². The molecule has 1 aliphatic carbocycles. The molecule has 1 atom stereocenters. The standard InChI is InChI=1S/C20H24N4O4/c1-21-11-7-9-20(10-8-11,13-5-6-15(25)22-18(13)27)24-14-4-2-3-12-16(14)19(28)23-17(12)26/h2-4,11,13,21,24H,5-10H2,1H3,(H,22,25,27)(H,23,26,28). The first-order valence-corrected chi connectivity index (χ1v) is 9.71. The minimum Gasteiger partial charge on any atom is -0.378 e. The third-order valence-corrected chi connectivity index (χ3v) is 6.34. The maximum atomic E-state index is 12.7. The molecule has 0 spiro atoms. The number of rotatable bonds is 4. The molecule has 0 radical (unpaired) electrons. The van der Waals surface area contributed by atoms with Crippen molar-refractivity contribution in [2.45, 2.75) is 50.1 Å². The lowest BCUT2D eigenvalue weighted by Gasteiger charge is -2.47. The summed E-state index contributed by atoms with van der Waals surface area (Å²) in [7, 11) is 1.93. The molecule has 148 valence electrons. The fraction of sp³-hybridized carbons (Fsp3) is 0.500. The second-order valence-corrected chi connectivity index (χ2v) is 7.86. The predicted molar refractivity (Wildman–Crippen MR) is 102 cm³/mol. The highest BCUT2D eigenvalue weighted by Gasteiger charge is 2.47. The minimum atomic E-state index is -0.570. The molecule has 1 aromatic rings. The molecule has 28 heavy (non-hydrogen) atoms. The molecule has 2 aliphatic heterocycles. The monoisotopic (exact) mass is 384 g/mol. The Kier molecular flexibility index (Phi) is 4.66. The first kappa shape index (κ1) is 18.6. The molecule has 8 nitrogen and oxygen atoms in total. The van der Waals surface area contributed by atoms with Crippen molar-refractivity contribution in [2.24, 2.45) is 5.92 Å². The fourth-order valence-electron chi connectivity index (χ4n) is 4.79. The number of anilines is 1. The number of amides is 4. The van der Waals surface area contributed by atoms with Crippen LogP contribution in [0.2, 0.25) is 0 Å². The molecule has 4 rings (SSSR count). The number of imide groups is 2. The van der Waals surface area contributed by atoms with Crippen LogP contribution in [0.3, 0.4) is 0 Å². The van der Waals surface area contributed by atoms with Gasteiger partial charge in [-0.25, -0.2) is 0 Å². The van der Waals surface area contributed by atoms with E-state index in [0.29, 0.717) is 35.7 Å². The smallest absolute Gasteiger partial charge is 0.261 e. The number of carbonyl (C=O) groups is 4. The third-order valence-electron chi connectivity index (χ3n) is 6.34. The van der Waals surface area contributed by atoms with Gasteiger partial charge in [-0.1, -0.05) is 6.07 Å². The highest BCUT2D eigenvalue weighted by molar-refractivity contribution is 6.23. The van der Waals surface area contributed by atoms with E-state index in [-0.39, 0.29) is 17.7 Å². The highest BCUT2D eigenvalue weighted by Crippen LogP contribution is 2.42. The summed E-state index contributed by atoms with van der Waals surface area (Å²) in [4.78, 5) is 48.6. The Morgan fingerprint density at radius 3 is 2.43 bits per heavy atom. The first-order valence-electron chi connectivity index (χ1n) is 9.71. The molecule has 2 heterocycles. The minimum absolute atomic E-state index is 0.245. The van der Waals surface area contributed by atoms with E-state index in [4.69, 9.17) is 0 Å². The van der Waals surface area contributed by atoms with Crippen LogP contribution in [-0.4, -0.2) is 42.3 Å². The fourth-order valence-corrected chi connectivity index (χ4v) is 4.79. The quantitative estimate of drug-likeness (QED) is 0.574. The van der Waals surface area contributed by atoms with Crippen LogP contribution in [0.25, 0.3) is 0 Å². The molecule has 1 saturated heterocycles. The molecule has 2 fully saturated rings. The molecular weight excluding hydrogens is 360 g/mol. The molecular formula is C20H24N4O4. The Hall–Kier alpha value is -2.74. The first-order chi connectivity index (χ1) is 13.4. The summed E-state index contributed by atoms with van der Waals surface area (Å²) in [5.41, 5.74) is 0.666. The van der Waals surface area contributed by atoms with Crippen LogP contribution in [-0.2, 0) is 9.59 Å². The summed E-state index contributed by atoms with van der Waals surface area (Å²) in [6.07, 6.45) is 3.99. The van der Waals surface area contributed by atoms with Crippen molar-refractivity contribution in [2.75, 3.05) is 12.4 Å². The third kappa shape index (κ3) is 3.07. The summed E-state index contributed by atoms with van der Waals surface area (Å²) in [5, 5.41) is 11.6. The number of fused-ring (bicyclic) bond motifs is 1. The molecule has 8 heteroatoms. The van der Waals surface area contributed by atoms with E-state index in [1.807, 2.05) is 7.05 Å². The van der Waals surface area contributed by atoms with Gasteiger partial charge in [0.1, 0.15) is 0 Å². The van der Waals surface area contributed by atoms with Gasteiger partial charge in [0, 0.05) is 23.7 Å². The lowest BCUT2D eigenvalue weighted by Crippen LogP contribution is -2.58. The van der Waals surface area contributed by atoms with Crippen molar-refractivity contribution >= 4 is 29.3 Å².